The number of sulfonamides is 1. The number of aromatic nitrogens is 1. The molecule has 0 aliphatic carbocycles. The van der Waals surface area contributed by atoms with Crippen LogP contribution in [0.4, 0.5) is 11.5 Å². The predicted octanol–water partition coefficient (Wildman–Crippen LogP) is 1.78. The molecule has 0 fully saturated rings. The highest BCUT2D eigenvalue weighted by atomic mass is 32.2. The fraction of sp³-hybridized carbons (Fsp3) is 0.133. The first-order valence-corrected chi connectivity index (χ1v) is 8.35. The number of benzene rings is 1. The number of carbonyl (C=O) groups excluding carboxylic acids is 1. The Labute approximate surface area is 143 Å². The maximum Gasteiger partial charge on any atom is 0.350 e. The molecular weight excluding hydrogens is 348 g/mol. The number of nitriles is 1. The summed E-state index contributed by atoms with van der Waals surface area (Å²) in [5.74, 6) is -0.219. The first kappa shape index (κ1) is 18.0. The second kappa shape index (κ2) is 7.50. The molecule has 0 saturated carbocycles. The summed E-state index contributed by atoms with van der Waals surface area (Å²) in [5, 5.41) is 15.1. The highest BCUT2D eigenvalue weighted by molar-refractivity contribution is 7.92. The highest BCUT2D eigenvalue weighted by Crippen LogP contribution is 2.18. The molecule has 1 aromatic carbocycles. The van der Waals surface area contributed by atoms with Crippen LogP contribution in [-0.2, 0) is 19.6 Å². The zero-order chi connectivity index (χ0) is 18.4. The van der Waals surface area contributed by atoms with Crippen molar-refractivity contribution in [3.8, 4) is 6.07 Å². The lowest BCUT2D eigenvalue weighted by Gasteiger charge is -2.06. The van der Waals surface area contributed by atoms with Crippen molar-refractivity contribution in [3.05, 3.63) is 47.9 Å². The first-order chi connectivity index (χ1) is 11.9. The van der Waals surface area contributed by atoms with Crippen molar-refractivity contribution >= 4 is 27.5 Å². The van der Waals surface area contributed by atoms with Gasteiger partial charge >= 0.3 is 5.97 Å². The molecule has 0 atom stereocenters. The van der Waals surface area contributed by atoms with Crippen LogP contribution in [0.2, 0.25) is 0 Å². The van der Waals surface area contributed by atoms with Crippen LogP contribution >= 0.6 is 0 Å². The van der Waals surface area contributed by atoms with E-state index in [1.165, 1.54) is 36.5 Å². The third-order valence-electron chi connectivity index (χ3n) is 2.94. The van der Waals surface area contributed by atoms with Crippen LogP contribution in [0, 0.1) is 18.3 Å². The molecule has 130 valence electrons. The van der Waals surface area contributed by atoms with Crippen LogP contribution in [0.3, 0.4) is 0 Å². The Balaban J connectivity index is 2.12. The molecular formula is C15H14N4O5S. The van der Waals surface area contributed by atoms with E-state index < -0.39 is 16.0 Å². The Morgan fingerprint density at radius 1 is 1.36 bits per heavy atom. The lowest BCUT2D eigenvalue weighted by Crippen LogP contribution is -2.13. The smallest absolute Gasteiger partial charge is 0.350 e. The van der Waals surface area contributed by atoms with Gasteiger partial charge in [0.15, 0.2) is 11.4 Å². The lowest BCUT2D eigenvalue weighted by molar-refractivity contribution is -0.135. The van der Waals surface area contributed by atoms with Gasteiger partial charge in [-0.1, -0.05) is 5.16 Å². The summed E-state index contributed by atoms with van der Waals surface area (Å²) in [4.78, 5) is 11.3. The van der Waals surface area contributed by atoms with Crippen LogP contribution in [0.25, 0.3) is 0 Å². The van der Waals surface area contributed by atoms with Crippen molar-refractivity contribution in [2.24, 2.45) is 0 Å². The fourth-order valence-electron chi connectivity index (χ4n) is 1.74. The molecule has 1 heterocycles. The topological polar surface area (TPSA) is 134 Å². The average molecular weight is 362 g/mol. The van der Waals surface area contributed by atoms with E-state index in [1.54, 1.807) is 13.0 Å². The fourth-order valence-corrected chi connectivity index (χ4v) is 2.73. The zero-order valence-corrected chi connectivity index (χ0v) is 14.1. The van der Waals surface area contributed by atoms with Crippen LogP contribution in [0.1, 0.15) is 5.76 Å². The van der Waals surface area contributed by atoms with Crippen molar-refractivity contribution in [1.29, 1.82) is 5.26 Å². The van der Waals surface area contributed by atoms with E-state index in [9.17, 15) is 13.2 Å². The van der Waals surface area contributed by atoms with Crippen LogP contribution in [0.15, 0.2) is 51.5 Å². The molecule has 0 spiro atoms. The monoisotopic (exact) mass is 362 g/mol. The third kappa shape index (κ3) is 4.58. The van der Waals surface area contributed by atoms with E-state index in [4.69, 9.17) is 9.78 Å². The van der Waals surface area contributed by atoms with Gasteiger partial charge in [0, 0.05) is 18.0 Å². The normalized spacial score (nSPS) is 11.5. The molecule has 0 aliphatic rings. The number of methoxy groups -OCH3 is 1. The van der Waals surface area contributed by atoms with Crippen molar-refractivity contribution in [1.82, 2.24) is 5.16 Å². The Morgan fingerprint density at radius 2 is 2.04 bits per heavy atom. The predicted molar refractivity (Wildman–Crippen MR) is 87.8 cm³/mol. The summed E-state index contributed by atoms with van der Waals surface area (Å²) >= 11 is 0. The number of rotatable bonds is 6. The summed E-state index contributed by atoms with van der Waals surface area (Å²) in [6.45, 7) is 1.64. The molecule has 0 aliphatic heterocycles. The molecule has 0 radical (unpaired) electrons. The number of nitrogens with one attached hydrogen (secondary N) is 2. The molecule has 0 unspecified atom stereocenters. The summed E-state index contributed by atoms with van der Waals surface area (Å²) in [7, 11) is -2.65. The van der Waals surface area contributed by atoms with Crippen molar-refractivity contribution in [2.45, 2.75) is 11.8 Å². The molecule has 10 heteroatoms. The quantitative estimate of drug-likeness (QED) is 0.451. The number of ether oxygens (including phenoxy) is 1. The standard InChI is InChI=1S/C15H14N4O5S/c1-10-7-14(18-24-10)19-25(21,22)13-5-3-12(4-6-13)17-9-11(8-16)15(20)23-2/h3-7,9,17H,1-2H3,(H,18,19)/b11-9+. The molecule has 9 nitrogen and oxygen atoms in total. The van der Waals surface area contributed by atoms with E-state index in [-0.39, 0.29) is 16.3 Å². The maximum absolute atomic E-state index is 12.2. The number of hydrogen-bond acceptors (Lipinski definition) is 8. The number of nitrogens with zero attached hydrogens (tertiary/aromatic N) is 2. The Kier molecular flexibility index (Phi) is 5.41. The van der Waals surface area contributed by atoms with Crippen molar-refractivity contribution < 1.29 is 22.5 Å². The van der Waals surface area contributed by atoms with Crippen molar-refractivity contribution in [2.75, 3.05) is 17.1 Å². The third-order valence-corrected chi connectivity index (χ3v) is 4.31. The van der Waals surface area contributed by atoms with Crippen LogP contribution < -0.4 is 10.0 Å². The molecule has 0 bridgehead atoms. The average Bonchev–Trinajstić information content (AvgIpc) is 2.99. The van der Waals surface area contributed by atoms with Gasteiger partial charge in [0.1, 0.15) is 11.8 Å². The molecule has 0 amide bonds. The van der Waals surface area contributed by atoms with E-state index in [0.29, 0.717) is 11.4 Å². The highest BCUT2D eigenvalue weighted by Gasteiger charge is 2.16. The summed E-state index contributed by atoms with van der Waals surface area (Å²) < 4.78 is 36.0. The molecule has 0 saturated heterocycles. The molecule has 2 aromatic rings. The zero-order valence-electron chi connectivity index (χ0n) is 13.3. The van der Waals surface area contributed by atoms with Crippen LogP contribution in [0.5, 0.6) is 0 Å². The van der Waals surface area contributed by atoms with Gasteiger partial charge in [-0.05, 0) is 31.2 Å². The van der Waals surface area contributed by atoms with Crippen LogP contribution in [-0.4, -0.2) is 26.7 Å². The molecule has 2 N–H and O–H groups in total. The van der Waals surface area contributed by atoms with Gasteiger partial charge in [0.25, 0.3) is 10.0 Å². The largest absolute Gasteiger partial charge is 0.465 e. The number of carbonyl (C=O) groups is 1. The molecule has 2 rings (SSSR count). The first-order valence-electron chi connectivity index (χ1n) is 6.87. The minimum absolute atomic E-state index is 0.0103. The summed E-state index contributed by atoms with van der Waals surface area (Å²) in [6.07, 6.45) is 1.17. The number of hydrogen-bond donors (Lipinski definition) is 2. The summed E-state index contributed by atoms with van der Waals surface area (Å²) in [5.41, 5.74) is 0.259. The van der Waals surface area contributed by atoms with Gasteiger partial charge in [-0.15, -0.1) is 0 Å². The van der Waals surface area contributed by atoms with Gasteiger partial charge in [0.05, 0.1) is 12.0 Å². The van der Waals surface area contributed by atoms with Gasteiger partial charge in [0.2, 0.25) is 0 Å². The van der Waals surface area contributed by atoms with E-state index in [2.05, 4.69) is 19.9 Å². The van der Waals surface area contributed by atoms with E-state index >= 15 is 0 Å². The van der Waals surface area contributed by atoms with E-state index in [1.807, 2.05) is 0 Å². The van der Waals surface area contributed by atoms with Gasteiger partial charge < -0.3 is 14.6 Å². The van der Waals surface area contributed by atoms with E-state index in [0.717, 1.165) is 7.11 Å². The Morgan fingerprint density at radius 3 is 2.56 bits per heavy atom. The number of esters is 1. The van der Waals surface area contributed by atoms with Crippen molar-refractivity contribution in [3.63, 3.8) is 0 Å². The van der Waals surface area contributed by atoms with Gasteiger partial charge in [-0.3, -0.25) is 4.72 Å². The number of anilines is 2. The SMILES string of the molecule is COC(=O)/C(C#N)=C/Nc1ccc(S(=O)(=O)Nc2cc(C)on2)cc1. The minimum atomic E-state index is -3.81. The van der Waals surface area contributed by atoms with Gasteiger partial charge in [-0.2, -0.15) is 5.26 Å². The molecule has 1 aromatic heterocycles. The van der Waals surface area contributed by atoms with Gasteiger partial charge in [-0.25, -0.2) is 13.2 Å². The minimum Gasteiger partial charge on any atom is -0.465 e. The second-order valence-electron chi connectivity index (χ2n) is 4.76. The Bertz CT molecular complexity index is 939. The lowest BCUT2D eigenvalue weighted by atomic mass is 10.3. The number of aryl methyl sites for hydroxylation is 1. The second-order valence-corrected chi connectivity index (χ2v) is 6.44. The Hall–Kier alpha value is -3.32. The maximum atomic E-state index is 12.2. The summed E-state index contributed by atoms with van der Waals surface area (Å²) in [6, 6.07) is 8.81. The molecule has 25 heavy (non-hydrogen) atoms.